The van der Waals surface area contributed by atoms with Crippen molar-refractivity contribution in [1.82, 2.24) is 15.5 Å². The van der Waals surface area contributed by atoms with Gasteiger partial charge in [-0.05, 0) is 43.9 Å². The number of piperidine rings is 2. The number of halogens is 2. The van der Waals surface area contributed by atoms with Crippen LogP contribution in [0.5, 0.6) is 0 Å². The molecule has 0 radical (unpaired) electrons. The first kappa shape index (κ1) is 31.0. The van der Waals surface area contributed by atoms with E-state index in [0.29, 0.717) is 28.1 Å². The summed E-state index contributed by atoms with van der Waals surface area (Å²) in [6.45, 7) is 8.46. The minimum Gasteiger partial charge on any atom is -0.341 e. The van der Waals surface area contributed by atoms with Gasteiger partial charge in [-0.25, -0.2) is 0 Å². The van der Waals surface area contributed by atoms with Crippen molar-refractivity contribution in [3.63, 3.8) is 0 Å². The number of likely N-dealkylation sites (N-methyl/N-ethyl adjacent to an activating group) is 1. The molecule has 0 bridgehead atoms. The van der Waals surface area contributed by atoms with E-state index >= 15 is 0 Å². The maximum Gasteiger partial charge on any atom is 0.283 e. The van der Waals surface area contributed by atoms with Crippen LogP contribution in [-0.4, -0.2) is 86.0 Å². The Labute approximate surface area is 250 Å². The Hall–Kier alpha value is -1.96. The van der Waals surface area contributed by atoms with Crippen LogP contribution in [0.2, 0.25) is 10.0 Å². The maximum atomic E-state index is 14.1. The molecule has 2 heterocycles. The molecule has 0 aromatic heterocycles. The maximum absolute atomic E-state index is 14.1. The lowest BCUT2D eigenvalue weighted by molar-refractivity contribution is -0.972. The molecule has 4 rings (SSSR count). The molecule has 2 aromatic rings. The lowest BCUT2D eigenvalue weighted by Gasteiger charge is -2.56. The standard InChI is InChI=1S/C32H45Cl2N4O2/c1-3-37(2)31(40)32(15-17-35-18-16-32)38(19-8-5-9-20-38)21-14-27(26-12-13-28(33)29(34)22-26)23-36-24-30(39)25-10-6-4-7-11-25/h4,6-7,10-13,22,27,35-36H,3,5,8-9,14-21,23-24H2,1-2H3/q+1. The first-order chi connectivity index (χ1) is 19.3. The minimum absolute atomic E-state index is 0.0786. The highest BCUT2D eigenvalue weighted by Crippen LogP contribution is 2.40. The normalized spacial score (nSPS) is 19.1. The van der Waals surface area contributed by atoms with E-state index in [1.54, 1.807) is 0 Å². The van der Waals surface area contributed by atoms with E-state index in [2.05, 4.69) is 23.6 Å². The first-order valence-electron chi connectivity index (χ1n) is 14.9. The highest BCUT2D eigenvalue weighted by atomic mass is 35.5. The number of hydrogen-bond acceptors (Lipinski definition) is 4. The largest absolute Gasteiger partial charge is 0.341 e. The second-order valence-electron chi connectivity index (χ2n) is 11.6. The Morgan fingerprint density at radius 1 is 1.02 bits per heavy atom. The molecule has 6 nitrogen and oxygen atoms in total. The van der Waals surface area contributed by atoms with Crippen molar-refractivity contribution >= 4 is 34.9 Å². The van der Waals surface area contributed by atoms with Crippen LogP contribution in [0.25, 0.3) is 0 Å². The van der Waals surface area contributed by atoms with E-state index in [1.807, 2.05) is 54.4 Å². The number of nitrogens with one attached hydrogen (secondary N) is 2. The molecule has 1 unspecified atom stereocenters. The van der Waals surface area contributed by atoms with Gasteiger partial charge in [0.05, 0.1) is 36.2 Å². The molecule has 1 amide bonds. The molecule has 2 saturated heterocycles. The molecule has 40 heavy (non-hydrogen) atoms. The van der Waals surface area contributed by atoms with Crippen molar-refractivity contribution in [3.05, 3.63) is 69.7 Å². The molecular formula is C32H45Cl2N4O2+. The number of benzene rings is 2. The number of rotatable bonds is 12. The highest BCUT2D eigenvalue weighted by molar-refractivity contribution is 6.42. The van der Waals surface area contributed by atoms with Gasteiger partial charge in [0, 0.05) is 64.0 Å². The predicted octanol–water partition coefficient (Wildman–Crippen LogP) is 5.54. The molecule has 2 fully saturated rings. The van der Waals surface area contributed by atoms with E-state index in [4.69, 9.17) is 23.2 Å². The number of carbonyl (C=O) groups excluding carboxylic acids is 2. The van der Waals surface area contributed by atoms with E-state index in [1.165, 1.54) is 6.42 Å². The number of likely N-dealkylation sites (tertiary alicyclic amines) is 1. The molecule has 0 aliphatic carbocycles. The quantitative estimate of drug-likeness (QED) is 0.253. The van der Waals surface area contributed by atoms with Crippen LogP contribution < -0.4 is 10.6 Å². The van der Waals surface area contributed by atoms with Crippen LogP contribution in [0, 0.1) is 0 Å². The number of nitrogens with zero attached hydrogens (tertiary/aromatic N) is 2. The summed E-state index contributed by atoms with van der Waals surface area (Å²) < 4.78 is 0.860. The Balaban J connectivity index is 1.58. The number of Topliss-reactive ketones (excluding diaryl/α,β-unsaturated/α-hetero) is 1. The molecule has 1 atom stereocenters. The fourth-order valence-corrected chi connectivity index (χ4v) is 7.16. The molecular weight excluding hydrogens is 543 g/mol. The Morgan fingerprint density at radius 2 is 1.73 bits per heavy atom. The molecule has 218 valence electrons. The Morgan fingerprint density at radius 3 is 2.38 bits per heavy atom. The summed E-state index contributed by atoms with van der Waals surface area (Å²) in [5, 5.41) is 8.03. The van der Waals surface area contributed by atoms with Gasteiger partial charge in [0.1, 0.15) is 0 Å². The fraction of sp³-hybridized carbons (Fsp3) is 0.562. The SMILES string of the molecule is CCN(C)C(=O)C1([N+]2(CCC(CNCC(=O)c3ccccc3)c3ccc(Cl)c(Cl)c3)CCCCC2)CCNCC1. The van der Waals surface area contributed by atoms with Crippen molar-refractivity contribution in [2.24, 2.45) is 0 Å². The van der Waals surface area contributed by atoms with Crippen LogP contribution in [0.15, 0.2) is 48.5 Å². The topological polar surface area (TPSA) is 61.4 Å². The average Bonchev–Trinajstić information content (AvgIpc) is 3.00. The summed E-state index contributed by atoms with van der Waals surface area (Å²) in [4.78, 5) is 28.9. The van der Waals surface area contributed by atoms with Gasteiger partial charge in [-0.2, -0.15) is 0 Å². The Kier molecular flexibility index (Phi) is 11.1. The molecule has 0 spiro atoms. The van der Waals surface area contributed by atoms with Gasteiger partial charge in [0.15, 0.2) is 11.3 Å². The van der Waals surface area contributed by atoms with E-state index < -0.39 is 5.54 Å². The summed E-state index contributed by atoms with van der Waals surface area (Å²) in [7, 11) is 1.96. The van der Waals surface area contributed by atoms with Crippen LogP contribution in [0.3, 0.4) is 0 Å². The zero-order chi connectivity index (χ0) is 28.6. The Bertz CT molecular complexity index is 1130. The second kappa shape index (κ2) is 14.3. The number of quaternary nitrogens is 1. The molecule has 8 heteroatoms. The van der Waals surface area contributed by atoms with Crippen LogP contribution in [0.1, 0.15) is 67.3 Å². The van der Waals surface area contributed by atoms with Gasteiger partial charge in [0.25, 0.3) is 5.91 Å². The average molecular weight is 589 g/mol. The number of hydrogen-bond donors (Lipinski definition) is 2. The van der Waals surface area contributed by atoms with E-state index in [9.17, 15) is 9.59 Å². The zero-order valence-electron chi connectivity index (χ0n) is 24.1. The minimum atomic E-state index is -0.394. The monoisotopic (exact) mass is 587 g/mol. The number of ketones is 1. The summed E-state index contributed by atoms with van der Waals surface area (Å²) in [5.41, 5.74) is 1.43. The van der Waals surface area contributed by atoms with Gasteiger partial charge in [0.2, 0.25) is 0 Å². The van der Waals surface area contributed by atoms with Crippen LogP contribution in [-0.2, 0) is 4.79 Å². The zero-order valence-corrected chi connectivity index (χ0v) is 25.6. The second-order valence-corrected chi connectivity index (χ2v) is 12.4. The lowest BCUT2D eigenvalue weighted by atomic mass is 9.79. The van der Waals surface area contributed by atoms with Crippen molar-refractivity contribution in [2.45, 2.75) is 56.9 Å². The molecule has 2 aromatic carbocycles. The summed E-state index contributed by atoms with van der Waals surface area (Å²) in [6, 6.07) is 15.3. The summed E-state index contributed by atoms with van der Waals surface area (Å²) in [6.07, 6.45) is 6.17. The highest BCUT2D eigenvalue weighted by Gasteiger charge is 2.57. The molecule has 0 saturated carbocycles. The van der Waals surface area contributed by atoms with Crippen molar-refractivity contribution < 1.29 is 14.1 Å². The third kappa shape index (κ3) is 6.91. The number of amides is 1. The van der Waals surface area contributed by atoms with E-state index in [-0.39, 0.29) is 18.2 Å². The van der Waals surface area contributed by atoms with Crippen molar-refractivity contribution in [1.29, 1.82) is 0 Å². The lowest BCUT2D eigenvalue weighted by Crippen LogP contribution is -2.74. The van der Waals surface area contributed by atoms with Crippen LogP contribution >= 0.6 is 23.2 Å². The third-order valence-electron chi connectivity index (χ3n) is 9.32. The van der Waals surface area contributed by atoms with E-state index in [0.717, 1.165) is 81.4 Å². The summed E-state index contributed by atoms with van der Waals surface area (Å²) >= 11 is 12.7. The van der Waals surface area contributed by atoms with Crippen molar-refractivity contribution in [2.75, 3.05) is 59.4 Å². The van der Waals surface area contributed by atoms with Gasteiger partial charge < -0.3 is 20.0 Å². The van der Waals surface area contributed by atoms with Crippen LogP contribution in [0.4, 0.5) is 0 Å². The number of carbonyl (C=O) groups is 2. The molecule has 2 aliphatic heterocycles. The van der Waals surface area contributed by atoms with Gasteiger partial charge in [-0.3, -0.25) is 9.59 Å². The van der Waals surface area contributed by atoms with Crippen molar-refractivity contribution in [3.8, 4) is 0 Å². The molecule has 2 N–H and O–H groups in total. The first-order valence-corrected chi connectivity index (χ1v) is 15.6. The third-order valence-corrected chi connectivity index (χ3v) is 10.1. The van der Waals surface area contributed by atoms with Gasteiger partial charge in [-0.15, -0.1) is 0 Å². The smallest absolute Gasteiger partial charge is 0.283 e. The van der Waals surface area contributed by atoms with Gasteiger partial charge >= 0.3 is 0 Å². The summed E-state index contributed by atoms with van der Waals surface area (Å²) in [5.74, 6) is 0.513. The fourth-order valence-electron chi connectivity index (χ4n) is 6.86. The molecule has 2 aliphatic rings. The van der Waals surface area contributed by atoms with Gasteiger partial charge in [-0.1, -0.05) is 59.6 Å². The predicted molar refractivity (Wildman–Crippen MR) is 164 cm³/mol.